The number of aromatic nitrogens is 2. The van der Waals surface area contributed by atoms with E-state index < -0.39 is 0 Å². The third-order valence-corrected chi connectivity index (χ3v) is 2.96. The van der Waals surface area contributed by atoms with Crippen molar-refractivity contribution in [2.45, 2.75) is 44.7 Å². The fraction of sp³-hybridized carbons (Fsp3) is 0.727. The van der Waals surface area contributed by atoms with Crippen LogP contribution >= 0.6 is 12.4 Å². The van der Waals surface area contributed by atoms with Gasteiger partial charge in [-0.15, -0.1) is 12.4 Å². The Morgan fingerprint density at radius 1 is 1.40 bits per heavy atom. The normalized spacial score (nSPS) is 17.4. The molecule has 1 N–H and O–H groups in total. The molecule has 2 rings (SSSR count). The summed E-state index contributed by atoms with van der Waals surface area (Å²) in [5.41, 5.74) is 1.29. The minimum atomic E-state index is 0. The average Bonchev–Trinajstić information content (AvgIpc) is 2.63. The lowest BCUT2D eigenvalue weighted by atomic mass is 9.95. The minimum Gasteiger partial charge on any atom is -0.310 e. The molecule has 0 unspecified atom stereocenters. The van der Waals surface area contributed by atoms with Crippen LogP contribution in [-0.2, 0) is 13.6 Å². The summed E-state index contributed by atoms with van der Waals surface area (Å²) in [5.74, 6) is 0. The van der Waals surface area contributed by atoms with Crippen molar-refractivity contribution < 1.29 is 0 Å². The second-order valence-corrected chi connectivity index (χ2v) is 4.24. The molecule has 0 bridgehead atoms. The van der Waals surface area contributed by atoms with E-state index in [9.17, 15) is 0 Å². The topological polar surface area (TPSA) is 29.9 Å². The summed E-state index contributed by atoms with van der Waals surface area (Å²) in [7, 11) is 1.96. The van der Waals surface area contributed by atoms with E-state index in [2.05, 4.69) is 16.6 Å². The number of halogens is 1. The Labute approximate surface area is 97.7 Å². The second kappa shape index (κ2) is 6.13. The Morgan fingerprint density at radius 3 is 2.73 bits per heavy atom. The molecule has 1 aliphatic carbocycles. The molecule has 1 aromatic heterocycles. The highest BCUT2D eigenvalue weighted by Gasteiger charge is 2.12. The Morgan fingerprint density at radius 2 is 2.13 bits per heavy atom. The van der Waals surface area contributed by atoms with E-state index in [0.29, 0.717) is 0 Å². The van der Waals surface area contributed by atoms with Gasteiger partial charge in [-0.1, -0.05) is 19.3 Å². The van der Waals surface area contributed by atoms with Gasteiger partial charge in [0.25, 0.3) is 0 Å². The lowest BCUT2D eigenvalue weighted by Crippen LogP contribution is -2.30. The molecule has 1 fully saturated rings. The first-order chi connectivity index (χ1) is 6.84. The minimum absolute atomic E-state index is 0. The van der Waals surface area contributed by atoms with Gasteiger partial charge in [-0.2, -0.15) is 5.10 Å². The Balaban J connectivity index is 0.00000112. The van der Waals surface area contributed by atoms with E-state index in [4.69, 9.17) is 0 Å². The fourth-order valence-corrected chi connectivity index (χ4v) is 2.13. The van der Waals surface area contributed by atoms with Crippen molar-refractivity contribution >= 4 is 12.4 Å². The zero-order chi connectivity index (χ0) is 9.80. The van der Waals surface area contributed by atoms with Crippen LogP contribution in [0, 0.1) is 0 Å². The van der Waals surface area contributed by atoms with E-state index >= 15 is 0 Å². The first-order valence-corrected chi connectivity index (χ1v) is 5.55. The standard InChI is InChI=1S/C11H19N3.ClH/c1-14-9-10(8-13-14)7-12-11-5-3-2-4-6-11;/h8-9,11-12H,2-7H2,1H3;1H. The van der Waals surface area contributed by atoms with Crippen molar-refractivity contribution in [2.24, 2.45) is 7.05 Å². The Kier molecular flexibility index (Phi) is 5.12. The molecule has 1 aliphatic rings. The maximum absolute atomic E-state index is 4.16. The van der Waals surface area contributed by atoms with E-state index in [0.717, 1.165) is 12.6 Å². The van der Waals surface area contributed by atoms with Crippen molar-refractivity contribution in [1.82, 2.24) is 15.1 Å². The van der Waals surface area contributed by atoms with E-state index in [1.165, 1.54) is 37.7 Å². The predicted octanol–water partition coefficient (Wildman–Crippen LogP) is 2.26. The van der Waals surface area contributed by atoms with Crippen molar-refractivity contribution in [1.29, 1.82) is 0 Å². The molecule has 1 saturated carbocycles. The highest BCUT2D eigenvalue weighted by atomic mass is 35.5. The van der Waals surface area contributed by atoms with E-state index in [1.807, 2.05) is 17.9 Å². The van der Waals surface area contributed by atoms with Crippen LogP contribution in [0.1, 0.15) is 37.7 Å². The zero-order valence-corrected chi connectivity index (χ0v) is 10.1. The van der Waals surface area contributed by atoms with Gasteiger partial charge in [-0.3, -0.25) is 4.68 Å². The van der Waals surface area contributed by atoms with Crippen LogP contribution in [0.3, 0.4) is 0 Å². The van der Waals surface area contributed by atoms with Crippen molar-refractivity contribution in [3.63, 3.8) is 0 Å². The number of hydrogen-bond donors (Lipinski definition) is 1. The molecule has 0 radical (unpaired) electrons. The Bertz CT molecular complexity index is 279. The number of rotatable bonds is 3. The van der Waals surface area contributed by atoms with Gasteiger partial charge >= 0.3 is 0 Å². The summed E-state index contributed by atoms with van der Waals surface area (Å²) in [4.78, 5) is 0. The molecule has 0 amide bonds. The van der Waals surface area contributed by atoms with Gasteiger partial charge in [0.2, 0.25) is 0 Å². The molecule has 15 heavy (non-hydrogen) atoms. The number of nitrogens with zero attached hydrogens (tertiary/aromatic N) is 2. The second-order valence-electron chi connectivity index (χ2n) is 4.24. The maximum atomic E-state index is 4.16. The summed E-state index contributed by atoms with van der Waals surface area (Å²) in [6.07, 6.45) is 10.9. The van der Waals surface area contributed by atoms with Crippen LogP contribution in [-0.4, -0.2) is 15.8 Å². The molecule has 0 aliphatic heterocycles. The van der Waals surface area contributed by atoms with E-state index in [-0.39, 0.29) is 12.4 Å². The average molecular weight is 230 g/mol. The molecule has 1 aromatic rings. The van der Waals surface area contributed by atoms with Crippen molar-refractivity contribution in [3.05, 3.63) is 18.0 Å². The highest BCUT2D eigenvalue weighted by Crippen LogP contribution is 2.17. The lowest BCUT2D eigenvalue weighted by Gasteiger charge is -2.22. The summed E-state index contributed by atoms with van der Waals surface area (Å²) in [5, 5.41) is 7.75. The van der Waals surface area contributed by atoms with E-state index in [1.54, 1.807) is 0 Å². The molecule has 0 aromatic carbocycles. The highest BCUT2D eigenvalue weighted by molar-refractivity contribution is 5.85. The summed E-state index contributed by atoms with van der Waals surface area (Å²) in [6.45, 7) is 0.971. The van der Waals surface area contributed by atoms with Crippen molar-refractivity contribution in [3.8, 4) is 0 Å². The molecule has 0 atom stereocenters. The molecular weight excluding hydrogens is 210 g/mol. The summed E-state index contributed by atoms with van der Waals surface area (Å²) < 4.78 is 1.86. The van der Waals surface area contributed by atoms with Gasteiger partial charge in [0.05, 0.1) is 6.20 Å². The molecular formula is C11H20ClN3. The molecule has 4 heteroatoms. The third-order valence-electron chi connectivity index (χ3n) is 2.96. The smallest absolute Gasteiger partial charge is 0.0534 e. The first-order valence-electron chi connectivity index (χ1n) is 5.55. The van der Waals surface area contributed by atoms with Crippen LogP contribution in [0.5, 0.6) is 0 Å². The monoisotopic (exact) mass is 229 g/mol. The molecule has 0 spiro atoms. The van der Waals surface area contributed by atoms with Crippen LogP contribution in [0.15, 0.2) is 12.4 Å². The number of nitrogens with one attached hydrogen (secondary N) is 1. The van der Waals surface area contributed by atoms with Gasteiger partial charge < -0.3 is 5.32 Å². The summed E-state index contributed by atoms with van der Waals surface area (Å²) in [6, 6.07) is 0.740. The van der Waals surface area contributed by atoms with Gasteiger partial charge in [0.1, 0.15) is 0 Å². The third kappa shape index (κ3) is 3.84. The van der Waals surface area contributed by atoms with Gasteiger partial charge in [-0.25, -0.2) is 0 Å². The maximum Gasteiger partial charge on any atom is 0.0534 e. The number of hydrogen-bond acceptors (Lipinski definition) is 2. The van der Waals surface area contributed by atoms with Crippen LogP contribution < -0.4 is 5.32 Å². The first kappa shape index (κ1) is 12.5. The molecule has 86 valence electrons. The van der Waals surface area contributed by atoms with Gasteiger partial charge in [0.15, 0.2) is 0 Å². The molecule has 1 heterocycles. The van der Waals surface area contributed by atoms with Crippen LogP contribution in [0.4, 0.5) is 0 Å². The quantitative estimate of drug-likeness (QED) is 0.862. The Hall–Kier alpha value is -0.540. The van der Waals surface area contributed by atoms with Crippen LogP contribution in [0.25, 0.3) is 0 Å². The number of aryl methyl sites for hydroxylation is 1. The van der Waals surface area contributed by atoms with Crippen LogP contribution in [0.2, 0.25) is 0 Å². The molecule has 3 nitrogen and oxygen atoms in total. The van der Waals surface area contributed by atoms with Crippen molar-refractivity contribution in [2.75, 3.05) is 0 Å². The zero-order valence-electron chi connectivity index (χ0n) is 9.28. The fourth-order valence-electron chi connectivity index (χ4n) is 2.13. The largest absolute Gasteiger partial charge is 0.310 e. The van der Waals surface area contributed by atoms with Gasteiger partial charge in [-0.05, 0) is 12.8 Å². The van der Waals surface area contributed by atoms with Gasteiger partial charge in [0, 0.05) is 31.4 Å². The predicted molar refractivity (Wildman–Crippen MR) is 64.2 cm³/mol. The summed E-state index contributed by atoms with van der Waals surface area (Å²) >= 11 is 0. The SMILES string of the molecule is Cl.Cn1cc(CNC2CCCCC2)cn1. The lowest BCUT2D eigenvalue weighted by molar-refractivity contribution is 0.372. The molecule has 0 saturated heterocycles.